The first kappa shape index (κ1) is 25.1. The SMILES string of the molecule is CC(C)c1csc(CNC(=NCC(=O)N(C)C)NCCN2CCOCC2)n1.I. The molecule has 2 N–H and O–H groups in total. The van der Waals surface area contributed by atoms with Crippen molar-refractivity contribution >= 4 is 47.2 Å². The van der Waals surface area contributed by atoms with E-state index in [4.69, 9.17) is 4.74 Å². The molecule has 0 saturated carbocycles. The van der Waals surface area contributed by atoms with Crippen molar-refractivity contribution < 1.29 is 9.53 Å². The van der Waals surface area contributed by atoms with Crippen LogP contribution in [0, 0.1) is 0 Å². The molecule has 28 heavy (non-hydrogen) atoms. The minimum absolute atomic E-state index is 0. The van der Waals surface area contributed by atoms with Gasteiger partial charge in [-0.3, -0.25) is 9.69 Å². The van der Waals surface area contributed by atoms with Crippen molar-refractivity contribution in [1.82, 2.24) is 25.4 Å². The molecule has 2 heterocycles. The molecule has 1 amide bonds. The van der Waals surface area contributed by atoms with Crippen LogP contribution in [0.3, 0.4) is 0 Å². The van der Waals surface area contributed by atoms with Gasteiger partial charge in [0.05, 0.1) is 25.5 Å². The third-order valence-electron chi connectivity index (χ3n) is 4.26. The first-order chi connectivity index (χ1) is 13.0. The lowest BCUT2D eigenvalue weighted by Gasteiger charge is -2.26. The van der Waals surface area contributed by atoms with Crippen LogP contribution >= 0.6 is 35.3 Å². The average molecular weight is 524 g/mol. The molecule has 0 radical (unpaired) electrons. The van der Waals surface area contributed by atoms with E-state index in [2.05, 4.69) is 44.7 Å². The quantitative estimate of drug-likeness (QED) is 0.304. The van der Waals surface area contributed by atoms with E-state index >= 15 is 0 Å². The van der Waals surface area contributed by atoms with Crippen molar-refractivity contribution in [2.24, 2.45) is 4.99 Å². The summed E-state index contributed by atoms with van der Waals surface area (Å²) in [5.74, 6) is 1.04. The second kappa shape index (κ2) is 13.3. The number of likely N-dealkylation sites (N-methyl/N-ethyl adjacent to an activating group) is 1. The van der Waals surface area contributed by atoms with Gasteiger partial charge in [0.1, 0.15) is 11.6 Å². The summed E-state index contributed by atoms with van der Waals surface area (Å²) in [6.07, 6.45) is 0. The number of guanidine groups is 1. The van der Waals surface area contributed by atoms with Crippen molar-refractivity contribution in [2.75, 3.05) is 60.0 Å². The second-order valence-corrected chi connectivity index (χ2v) is 7.95. The monoisotopic (exact) mass is 524 g/mol. The Bertz CT molecular complexity index is 617. The largest absolute Gasteiger partial charge is 0.379 e. The summed E-state index contributed by atoms with van der Waals surface area (Å²) in [6.45, 7) is 10.2. The van der Waals surface area contributed by atoms with Crippen molar-refractivity contribution in [3.05, 3.63) is 16.1 Å². The predicted molar refractivity (Wildman–Crippen MR) is 125 cm³/mol. The molecule has 1 aromatic rings. The number of ether oxygens (including phenoxy) is 1. The topological polar surface area (TPSA) is 82.1 Å². The van der Waals surface area contributed by atoms with Crippen molar-refractivity contribution in [1.29, 1.82) is 0 Å². The number of aromatic nitrogens is 1. The Morgan fingerprint density at radius 1 is 1.36 bits per heavy atom. The van der Waals surface area contributed by atoms with Crippen LogP contribution in [0.5, 0.6) is 0 Å². The predicted octanol–water partition coefficient (Wildman–Crippen LogP) is 1.34. The molecule has 0 bridgehead atoms. The van der Waals surface area contributed by atoms with E-state index in [0.717, 1.165) is 50.1 Å². The highest BCUT2D eigenvalue weighted by Crippen LogP contribution is 2.17. The normalized spacial score (nSPS) is 15.2. The molecule has 1 aliphatic heterocycles. The Morgan fingerprint density at radius 2 is 2.07 bits per heavy atom. The number of carbonyl (C=O) groups is 1. The van der Waals surface area contributed by atoms with Gasteiger partial charge in [0.15, 0.2) is 5.96 Å². The molecule has 1 saturated heterocycles. The van der Waals surface area contributed by atoms with Gasteiger partial charge in [0.2, 0.25) is 5.91 Å². The van der Waals surface area contributed by atoms with Crippen LogP contribution < -0.4 is 10.6 Å². The van der Waals surface area contributed by atoms with E-state index in [9.17, 15) is 4.79 Å². The van der Waals surface area contributed by atoms with Crippen LogP contribution in [-0.4, -0.2) is 86.7 Å². The maximum absolute atomic E-state index is 11.9. The fourth-order valence-electron chi connectivity index (χ4n) is 2.45. The Morgan fingerprint density at radius 3 is 2.68 bits per heavy atom. The van der Waals surface area contributed by atoms with Gasteiger partial charge in [0, 0.05) is 45.7 Å². The van der Waals surface area contributed by atoms with E-state index in [1.807, 2.05) is 0 Å². The number of morpholine rings is 1. The molecular formula is C18H33IN6O2S. The highest BCUT2D eigenvalue weighted by Gasteiger charge is 2.11. The maximum atomic E-state index is 11.9. The molecule has 1 fully saturated rings. The number of amides is 1. The zero-order valence-corrected chi connectivity index (χ0v) is 20.4. The van der Waals surface area contributed by atoms with E-state index < -0.39 is 0 Å². The summed E-state index contributed by atoms with van der Waals surface area (Å²) in [5.41, 5.74) is 1.11. The zero-order chi connectivity index (χ0) is 19.6. The molecule has 0 atom stereocenters. The third kappa shape index (κ3) is 9.01. The summed E-state index contributed by atoms with van der Waals surface area (Å²) in [5, 5.41) is 9.73. The minimum atomic E-state index is -0.0272. The number of nitrogens with one attached hydrogen (secondary N) is 2. The average Bonchev–Trinajstić information content (AvgIpc) is 3.13. The molecule has 10 heteroatoms. The van der Waals surface area contributed by atoms with Gasteiger partial charge < -0.3 is 20.3 Å². The van der Waals surface area contributed by atoms with Crippen LogP contribution in [0.15, 0.2) is 10.4 Å². The number of nitrogens with zero attached hydrogens (tertiary/aromatic N) is 4. The molecule has 1 aliphatic rings. The van der Waals surface area contributed by atoms with E-state index in [0.29, 0.717) is 18.4 Å². The van der Waals surface area contributed by atoms with Gasteiger partial charge in [-0.1, -0.05) is 13.8 Å². The van der Waals surface area contributed by atoms with Gasteiger partial charge >= 0.3 is 0 Å². The fraction of sp³-hybridized carbons (Fsp3) is 0.722. The molecule has 0 aromatic carbocycles. The maximum Gasteiger partial charge on any atom is 0.243 e. The number of halogens is 1. The van der Waals surface area contributed by atoms with Gasteiger partial charge in [-0.15, -0.1) is 35.3 Å². The summed E-state index contributed by atoms with van der Waals surface area (Å²) >= 11 is 1.64. The van der Waals surface area contributed by atoms with Crippen LogP contribution in [0.1, 0.15) is 30.5 Å². The van der Waals surface area contributed by atoms with Gasteiger partial charge in [-0.05, 0) is 5.92 Å². The number of hydrogen-bond donors (Lipinski definition) is 2. The van der Waals surface area contributed by atoms with Crippen LogP contribution in [0.25, 0.3) is 0 Å². The first-order valence-corrected chi connectivity index (χ1v) is 10.3. The molecule has 1 aromatic heterocycles. The summed E-state index contributed by atoms with van der Waals surface area (Å²) in [7, 11) is 3.47. The highest BCUT2D eigenvalue weighted by atomic mass is 127. The molecule has 0 spiro atoms. The lowest BCUT2D eigenvalue weighted by molar-refractivity contribution is -0.127. The van der Waals surface area contributed by atoms with Gasteiger partial charge in [-0.25, -0.2) is 9.98 Å². The number of carbonyl (C=O) groups excluding carboxylic acids is 1. The Hall–Kier alpha value is -0.980. The number of thiazole rings is 1. The lowest BCUT2D eigenvalue weighted by Crippen LogP contribution is -2.44. The van der Waals surface area contributed by atoms with Gasteiger partial charge in [0.25, 0.3) is 0 Å². The fourth-order valence-corrected chi connectivity index (χ4v) is 3.35. The van der Waals surface area contributed by atoms with E-state index in [-0.39, 0.29) is 36.4 Å². The highest BCUT2D eigenvalue weighted by molar-refractivity contribution is 14.0. The number of hydrogen-bond acceptors (Lipinski definition) is 6. The molecule has 2 rings (SSSR count). The summed E-state index contributed by atoms with van der Waals surface area (Å²) in [6, 6.07) is 0. The van der Waals surface area contributed by atoms with Crippen molar-refractivity contribution in [2.45, 2.75) is 26.3 Å². The second-order valence-electron chi connectivity index (χ2n) is 7.01. The minimum Gasteiger partial charge on any atom is -0.379 e. The Labute approximate surface area is 189 Å². The summed E-state index contributed by atoms with van der Waals surface area (Å²) < 4.78 is 5.37. The molecular weight excluding hydrogens is 491 g/mol. The first-order valence-electron chi connectivity index (χ1n) is 9.42. The lowest BCUT2D eigenvalue weighted by atomic mass is 10.2. The third-order valence-corrected chi connectivity index (χ3v) is 5.13. The Kier molecular flexibility index (Phi) is 11.9. The number of rotatable bonds is 8. The zero-order valence-electron chi connectivity index (χ0n) is 17.2. The molecule has 160 valence electrons. The molecule has 0 aliphatic carbocycles. The van der Waals surface area contributed by atoms with Crippen LogP contribution in [0.4, 0.5) is 0 Å². The van der Waals surface area contributed by atoms with Crippen molar-refractivity contribution in [3.8, 4) is 0 Å². The number of aliphatic imine (C=N–C) groups is 1. The van der Waals surface area contributed by atoms with Crippen LogP contribution in [0.2, 0.25) is 0 Å². The Balaban J connectivity index is 0.00000392. The standard InChI is InChI=1S/C18H32N6O2S.HI/c1-14(2)15-13-27-16(22-15)11-20-18(21-12-17(25)23(3)4)19-5-6-24-7-9-26-10-8-24;/h13-14H,5-12H2,1-4H3,(H2,19,20,21);1H. The van der Waals surface area contributed by atoms with E-state index in [1.165, 1.54) is 0 Å². The van der Waals surface area contributed by atoms with Crippen molar-refractivity contribution in [3.63, 3.8) is 0 Å². The molecule has 0 unspecified atom stereocenters. The van der Waals surface area contributed by atoms with E-state index in [1.54, 1.807) is 30.3 Å². The van der Waals surface area contributed by atoms with Crippen LogP contribution in [-0.2, 0) is 16.1 Å². The van der Waals surface area contributed by atoms with Gasteiger partial charge in [-0.2, -0.15) is 0 Å². The smallest absolute Gasteiger partial charge is 0.243 e. The molecule has 8 nitrogen and oxygen atoms in total. The summed E-state index contributed by atoms with van der Waals surface area (Å²) in [4.78, 5) is 24.8.